The van der Waals surface area contributed by atoms with Gasteiger partial charge in [-0.2, -0.15) is 9.61 Å². The van der Waals surface area contributed by atoms with Gasteiger partial charge in [0.25, 0.3) is 0 Å². The molecule has 2 aromatic rings. The van der Waals surface area contributed by atoms with E-state index in [2.05, 4.69) is 10.1 Å². The van der Waals surface area contributed by atoms with Crippen molar-refractivity contribution in [2.45, 2.75) is 58.0 Å². The first-order chi connectivity index (χ1) is 10.8. The van der Waals surface area contributed by atoms with Crippen molar-refractivity contribution in [3.05, 3.63) is 24.0 Å². The summed E-state index contributed by atoms with van der Waals surface area (Å²) in [5.41, 5.74) is 1.08. The number of carbonyl (C=O) groups excluding carboxylic acids is 1. The van der Waals surface area contributed by atoms with Gasteiger partial charge in [0.05, 0.1) is 17.8 Å². The quantitative estimate of drug-likeness (QED) is 0.861. The fourth-order valence-electron chi connectivity index (χ4n) is 3.13. The lowest BCUT2D eigenvalue weighted by atomic mass is 9.80. The lowest BCUT2D eigenvalue weighted by Crippen LogP contribution is -2.30. The monoisotopic (exact) mass is 317 g/mol. The van der Waals surface area contributed by atoms with E-state index in [0.29, 0.717) is 5.65 Å². The van der Waals surface area contributed by atoms with Gasteiger partial charge in [0.1, 0.15) is 5.60 Å². The molecule has 0 atom stereocenters. The molecule has 124 valence electrons. The molecule has 0 aliphatic heterocycles. The fourth-order valence-corrected chi connectivity index (χ4v) is 3.13. The van der Waals surface area contributed by atoms with E-state index in [1.165, 1.54) is 4.52 Å². The van der Waals surface area contributed by atoms with E-state index in [1.54, 1.807) is 18.3 Å². The smallest absolute Gasteiger partial charge is 0.309 e. The SMILES string of the molecule is CC(C)(C)OC(=O)[C@H]1CC[C@H](c2cc(O)n3nccc3n2)CC1. The van der Waals surface area contributed by atoms with Crippen LogP contribution in [0.3, 0.4) is 0 Å². The third-order valence-electron chi connectivity index (χ3n) is 4.25. The Morgan fingerprint density at radius 2 is 2.00 bits per heavy atom. The second-order valence-electron chi connectivity index (χ2n) is 7.22. The molecule has 1 aliphatic carbocycles. The molecule has 3 rings (SSSR count). The van der Waals surface area contributed by atoms with Crippen molar-refractivity contribution in [2.75, 3.05) is 0 Å². The van der Waals surface area contributed by atoms with Gasteiger partial charge in [0.15, 0.2) is 5.65 Å². The molecule has 0 unspecified atom stereocenters. The number of ether oxygens (including phenoxy) is 1. The van der Waals surface area contributed by atoms with Gasteiger partial charge in [-0.05, 0) is 46.5 Å². The Balaban J connectivity index is 1.67. The molecule has 0 aromatic carbocycles. The highest BCUT2D eigenvalue weighted by atomic mass is 16.6. The standard InChI is InChI=1S/C17H23N3O3/c1-17(2,3)23-16(22)12-6-4-11(5-7-12)13-10-15(21)20-14(19-13)8-9-18-20/h8-12,21H,4-7H2,1-3H3/t11-,12-. The Hall–Kier alpha value is -2.11. The molecule has 1 aliphatic rings. The molecule has 1 saturated carbocycles. The number of aromatic hydroxyl groups is 1. The first-order valence-corrected chi connectivity index (χ1v) is 8.10. The number of hydrogen-bond donors (Lipinski definition) is 1. The Labute approximate surface area is 135 Å². The molecule has 0 bridgehead atoms. The van der Waals surface area contributed by atoms with Crippen molar-refractivity contribution in [3.63, 3.8) is 0 Å². The van der Waals surface area contributed by atoms with Crippen LogP contribution in [0.15, 0.2) is 18.3 Å². The van der Waals surface area contributed by atoms with Crippen molar-refractivity contribution < 1.29 is 14.6 Å². The molecule has 0 radical (unpaired) electrons. The number of hydrogen-bond acceptors (Lipinski definition) is 5. The summed E-state index contributed by atoms with van der Waals surface area (Å²) in [5.74, 6) is 0.236. The average Bonchev–Trinajstić information content (AvgIpc) is 2.94. The molecular weight excluding hydrogens is 294 g/mol. The summed E-state index contributed by atoms with van der Waals surface area (Å²) >= 11 is 0. The number of nitrogens with zero attached hydrogens (tertiary/aromatic N) is 3. The maximum atomic E-state index is 12.2. The van der Waals surface area contributed by atoms with Crippen LogP contribution in [0.4, 0.5) is 0 Å². The van der Waals surface area contributed by atoms with Crippen LogP contribution in [0.2, 0.25) is 0 Å². The van der Waals surface area contributed by atoms with Gasteiger partial charge < -0.3 is 9.84 Å². The van der Waals surface area contributed by atoms with Crippen molar-refractivity contribution >= 4 is 11.6 Å². The molecule has 0 spiro atoms. The third kappa shape index (κ3) is 3.46. The minimum absolute atomic E-state index is 0.0298. The predicted molar refractivity (Wildman–Crippen MR) is 85.2 cm³/mol. The van der Waals surface area contributed by atoms with Crippen molar-refractivity contribution in [3.8, 4) is 5.88 Å². The maximum Gasteiger partial charge on any atom is 0.309 e. The van der Waals surface area contributed by atoms with Crippen LogP contribution in [-0.4, -0.2) is 31.3 Å². The summed E-state index contributed by atoms with van der Waals surface area (Å²) in [6.07, 6.45) is 4.96. The molecule has 0 amide bonds. The zero-order valence-corrected chi connectivity index (χ0v) is 13.8. The van der Waals surface area contributed by atoms with Crippen LogP contribution in [-0.2, 0) is 9.53 Å². The zero-order chi connectivity index (χ0) is 16.6. The normalized spacial score (nSPS) is 22.2. The van der Waals surface area contributed by atoms with Crippen LogP contribution >= 0.6 is 0 Å². The number of esters is 1. The third-order valence-corrected chi connectivity index (χ3v) is 4.25. The van der Waals surface area contributed by atoms with E-state index in [0.717, 1.165) is 31.4 Å². The van der Waals surface area contributed by atoms with E-state index in [9.17, 15) is 9.90 Å². The Morgan fingerprint density at radius 3 is 2.65 bits per heavy atom. The Kier molecular flexibility index (Phi) is 4.00. The zero-order valence-electron chi connectivity index (χ0n) is 13.8. The summed E-state index contributed by atoms with van der Waals surface area (Å²) < 4.78 is 6.89. The first-order valence-electron chi connectivity index (χ1n) is 8.10. The summed E-state index contributed by atoms with van der Waals surface area (Å²) in [6.45, 7) is 5.68. The van der Waals surface area contributed by atoms with Gasteiger partial charge in [-0.1, -0.05) is 0 Å². The van der Waals surface area contributed by atoms with Crippen molar-refractivity contribution in [2.24, 2.45) is 5.92 Å². The number of aromatic nitrogens is 3. The molecular formula is C17H23N3O3. The molecule has 1 fully saturated rings. The van der Waals surface area contributed by atoms with Crippen LogP contribution in [0.5, 0.6) is 5.88 Å². The molecule has 6 nitrogen and oxygen atoms in total. The number of fused-ring (bicyclic) bond motifs is 1. The van der Waals surface area contributed by atoms with Crippen LogP contribution in [0.25, 0.3) is 5.65 Å². The van der Waals surface area contributed by atoms with Crippen molar-refractivity contribution in [1.82, 2.24) is 14.6 Å². The number of carbonyl (C=O) groups is 1. The second-order valence-corrected chi connectivity index (χ2v) is 7.22. The predicted octanol–water partition coefficient (Wildman–Crippen LogP) is 3.05. The highest BCUT2D eigenvalue weighted by Crippen LogP contribution is 2.37. The van der Waals surface area contributed by atoms with E-state index in [-0.39, 0.29) is 23.7 Å². The summed E-state index contributed by atoms with van der Waals surface area (Å²) in [6, 6.07) is 3.45. The Bertz CT molecular complexity index is 709. The lowest BCUT2D eigenvalue weighted by Gasteiger charge is -2.29. The molecule has 6 heteroatoms. The van der Waals surface area contributed by atoms with E-state index in [1.807, 2.05) is 20.8 Å². The van der Waals surface area contributed by atoms with Crippen LogP contribution in [0.1, 0.15) is 58.1 Å². The fraction of sp³-hybridized carbons (Fsp3) is 0.588. The highest BCUT2D eigenvalue weighted by molar-refractivity contribution is 5.73. The van der Waals surface area contributed by atoms with E-state index < -0.39 is 5.60 Å². The largest absolute Gasteiger partial charge is 0.493 e. The summed E-state index contributed by atoms with van der Waals surface area (Å²) in [7, 11) is 0. The first kappa shape index (κ1) is 15.8. The molecule has 2 aromatic heterocycles. The minimum Gasteiger partial charge on any atom is -0.493 e. The highest BCUT2D eigenvalue weighted by Gasteiger charge is 2.31. The molecule has 23 heavy (non-hydrogen) atoms. The van der Waals surface area contributed by atoms with Gasteiger partial charge in [-0.3, -0.25) is 4.79 Å². The van der Waals surface area contributed by atoms with E-state index >= 15 is 0 Å². The van der Waals surface area contributed by atoms with Gasteiger partial charge in [-0.25, -0.2) is 4.98 Å². The molecule has 1 N–H and O–H groups in total. The molecule has 0 saturated heterocycles. The summed E-state index contributed by atoms with van der Waals surface area (Å²) in [5, 5.41) is 14.0. The van der Waals surface area contributed by atoms with Crippen LogP contribution in [0, 0.1) is 5.92 Å². The van der Waals surface area contributed by atoms with Crippen molar-refractivity contribution in [1.29, 1.82) is 0 Å². The molecule has 2 heterocycles. The van der Waals surface area contributed by atoms with Crippen LogP contribution < -0.4 is 0 Å². The van der Waals surface area contributed by atoms with E-state index in [4.69, 9.17) is 4.74 Å². The Morgan fingerprint density at radius 1 is 1.30 bits per heavy atom. The van der Waals surface area contributed by atoms with Gasteiger partial charge in [-0.15, -0.1) is 0 Å². The topological polar surface area (TPSA) is 76.7 Å². The summed E-state index contributed by atoms with van der Waals surface area (Å²) in [4.78, 5) is 16.7. The average molecular weight is 317 g/mol. The lowest BCUT2D eigenvalue weighted by molar-refractivity contribution is -0.161. The second kappa shape index (κ2) is 5.83. The maximum absolute atomic E-state index is 12.2. The van der Waals surface area contributed by atoms with Gasteiger partial charge in [0.2, 0.25) is 5.88 Å². The van der Waals surface area contributed by atoms with Gasteiger partial charge in [0, 0.05) is 18.1 Å². The minimum atomic E-state index is -0.436. The number of rotatable bonds is 2. The van der Waals surface area contributed by atoms with Gasteiger partial charge >= 0.3 is 5.97 Å².